The molecule has 1 amide bonds. The summed E-state index contributed by atoms with van der Waals surface area (Å²) in [7, 11) is 0. The zero-order valence-corrected chi connectivity index (χ0v) is 16.1. The molecule has 0 aliphatic carbocycles. The highest BCUT2D eigenvalue weighted by molar-refractivity contribution is 5.95. The maximum absolute atomic E-state index is 14.1. The third kappa shape index (κ3) is 5.16. The van der Waals surface area contributed by atoms with E-state index < -0.39 is 17.5 Å². The molecule has 0 aliphatic rings. The van der Waals surface area contributed by atoms with Crippen LogP contribution in [0.5, 0.6) is 0 Å². The molecule has 3 rings (SSSR count). The van der Waals surface area contributed by atoms with Crippen LogP contribution in [0.15, 0.2) is 36.7 Å². The van der Waals surface area contributed by atoms with Crippen molar-refractivity contribution in [2.24, 2.45) is 0 Å². The molecule has 0 fully saturated rings. The number of rotatable bonds is 10. The summed E-state index contributed by atoms with van der Waals surface area (Å²) in [5.74, 6) is -2.09. The fourth-order valence-electron chi connectivity index (χ4n) is 3.08. The Hall–Kier alpha value is -2.92. The summed E-state index contributed by atoms with van der Waals surface area (Å²) in [6, 6.07) is 4.87. The first kappa shape index (κ1) is 21.8. The number of hydroxylamine groups is 1. The fraction of sp³-hybridized carbons (Fsp3) is 0.300. The molecule has 4 N–H and O–H groups in total. The second-order valence-corrected chi connectivity index (χ2v) is 6.56. The number of pyridine rings is 1. The van der Waals surface area contributed by atoms with Gasteiger partial charge in [-0.3, -0.25) is 15.0 Å². The lowest BCUT2D eigenvalue weighted by Gasteiger charge is -2.07. The number of carbonyl (C=O) groups excluding carboxylic acids is 1. The van der Waals surface area contributed by atoms with Crippen LogP contribution < -0.4 is 10.8 Å². The lowest BCUT2D eigenvalue weighted by atomic mass is 10.2. The van der Waals surface area contributed by atoms with Crippen LogP contribution >= 0.6 is 0 Å². The number of aromatic nitrogens is 2. The predicted molar refractivity (Wildman–Crippen MR) is 104 cm³/mol. The molecule has 10 heteroatoms. The Morgan fingerprint density at radius 2 is 2.03 bits per heavy atom. The summed E-state index contributed by atoms with van der Waals surface area (Å²) in [5, 5.41) is 21.5. The maximum atomic E-state index is 14.1. The average molecular weight is 420 g/mol. The number of carbonyl (C=O) groups is 1. The SMILES string of the molecule is O=C(NO)c1cc2c(cn1)c(CNCCOCCO)cn2Cc1ccc(F)cc1F. The number of hydrogen-bond donors (Lipinski definition) is 4. The number of nitrogens with zero attached hydrogens (tertiary/aromatic N) is 2. The van der Waals surface area contributed by atoms with Gasteiger partial charge in [0.1, 0.15) is 17.3 Å². The molecule has 30 heavy (non-hydrogen) atoms. The highest BCUT2D eigenvalue weighted by Crippen LogP contribution is 2.24. The van der Waals surface area contributed by atoms with Crippen LogP contribution in [0.4, 0.5) is 8.78 Å². The molecule has 8 nitrogen and oxygen atoms in total. The standard InChI is InChI=1S/C20H22F2N4O4/c21-15-2-1-13(17(22)7-15)11-26-12-14(9-23-3-5-30-6-4-27)16-10-24-18(8-19(16)26)20(28)25-29/h1-2,7-8,10,12,23,27,29H,3-6,9,11H2,(H,25,28). The van der Waals surface area contributed by atoms with Gasteiger partial charge in [0.25, 0.3) is 5.91 Å². The van der Waals surface area contributed by atoms with Crippen molar-refractivity contribution < 1.29 is 28.6 Å². The normalized spacial score (nSPS) is 11.2. The van der Waals surface area contributed by atoms with Crippen LogP contribution in [-0.2, 0) is 17.8 Å². The smallest absolute Gasteiger partial charge is 0.293 e. The van der Waals surface area contributed by atoms with Crippen molar-refractivity contribution in [1.82, 2.24) is 20.3 Å². The number of hydrogen-bond acceptors (Lipinski definition) is 6. The van der Waals surface area contributed by atoms with Gasteiger partial charge in [-0.1, -0.05) is 6.07 Å². The van der Waals surface area contributed by atoms with Gasteiger partial charge in [0, 0.05) is 42.5 Å². The summed E-state index contributed by atoms with van der Waals surface area (Å²) in [6.45, 7) is 1.79. The molecule has 1 aromatic carbocycles. The fourth-order valence-corrected chi connectivity index (χ4v) is 3.08. The molecular weight excluding hydrogens is 398 g/mol. The largest absolute Gasteiger partial charge is 0.394 e. The summed E-state index contributed by atoms with van der Waals surface area (Å²) in [6.07, 6.45) is 3.31. The second kappa shape index (κ2) is 10.2. The van der Waals surface area contributed by atoms with Crippen molar-refractivity contribution in [1.29, 1.82) is 0 Å². The lowest BCUT2D eigenvalue weighted by Crippen LogP contribution is -2.20. The van der Waals surface area contributed by atoms with E-state index in [-0.39, 0.29) is 31.0 Å². The zero-order chi connectivity index (χ0) is 21.5. The van der Waals surface area contributed by atoms with E-state index in [1.807, 2.05) is 0 Å². The molecule has 0 bridgehead atoms. The van der Waals surface area contributed by atoms with E-state index >= 15 is 0 Å². The number of benzene rings is 1. The zero-order valence-electron chi connectivity index (χ0n) is 16.1. The van der Waals surface area contributed by atoms with Crippen LogP contribution in [0.1, 0.15) is 21.6 Å². The van der Waals surface area contributed by atoms with E-state index in [0.29, 0.717) is 25.2 Å². The van der Waals surface area contributed by atoms with Gasteiger partial charge in [-0.25, -0.2) is 14.3 Å². The van der Waals surface area contributed by atoms with Crippen LogP contribution in [0.3, 0.4) is 0 Å². The third-order valence-electron chi connectivity index (χ3n) is 4.51. The number of halogens is 2. The van der Waals surface area contributed by atoms with Gasteiger partial charge in [-0.05, 0) is 17.7 Å². The topological polar surface area (TPSA) is 109 Å². The van der Waals surface area contributed by atoms with Crippen molar-refractivity contribution in [3.8, 4) is 0 Å². The highest BCUT2D eigenvalue weighted by atomic mass is 19.1. The van der Waals surface area contributed by atoms with Crippen molar-refractivity contribution in [2.75, 3.05) is 26.4 Å². The van der Waals surface area contributed by atoms with Crippen molar-refractivity contribution >= 4 is 16.8 Å². The molecule has 2 aromatic heterocycles. The monoisotopic (exact) mass is 420 g/mol. The van der Waals surface area contributed by atoms with Gasteiger partial charge in [0.05, 0.1) is 31.9 Å². The molecule has 0 saturated heterocycles. The third-order valence-corrected chi connectivity index (χ3v) is 4.51. The molecule has 0 radical (unpaired) electrons. The van der Waals surface area contributed by atoms with E-state index in [9.17, 15) is 13.6 Å². The molecular formula is C20H22F2N4O4. The molecule has 0 spiro atoms. The van der Waals surface area contributed by atoms with E-state index in [1.54, 1.807) is 10.8 Å². The molecule has 0 saturated carbocycles. The van der Waals surface area contributed by atoms with Crippen molar-refractivity contribution in [3.05, 3.63) is 65.1 Å². The minimum atomic E-state index is -0.765. The van der Waals surface area contributed by atoms with Crippen molar-refractivity contribution in [3.63, 3.8) is 0 Å². The van der Waals surface area contributed by atoms with E-state index in [4.69, 9.17) is 15.1 Å². The first-order valence-electron chi connectivity index (χ1n) is 9.29. The first-order valence-corrected chi connectivity index (χ1v) is 9.29. The molecule has 0 atom stereocenters. The summed E-state index contributed by atoms with van der Waals surface area (Å²) < 4.78 is 34.3. The van der Waals surface area contributed by atoms with Gasteiger partial charge in [0.2, 0.25) is 0 Å². The van der Waals surface area contributed by atoms with Gasteiger partial charge in [0.15, 0.2) is 0 Å². The molecule has 160 valence electrons. The van der Waals surface area contributed by atoms with Crippen molar-refractivity contribution in [2.45, 2.75) is 13.1 Å². The molecule has 3 aromatic rings. The Bertz CT molecular complexity index is 1030. The predicted octanol–water partition coefficient (Wildman–Crippen LogP) is 1.58. The second-order valence-electron chi connectivity index (χ2n) is 6.56. The summed E-state index contributed by atoms with van der Waals surface area (Å²) in [5.41, 5.74) is 3.30. The van der Waals surface area contributed by atoms with E-state index in [2.05, 4.69) is 10.3 Å². The molecule has 0 aliphatic heterocycles. The average Bonchev–Trinajstić information content (AvgIpc) is 3.08. The van der Waals surface area contributed by atoms with Gasteiger partial charge < -0.3 is 19.7 Å². The van der Waals surface area contributed by atoms with E-state index in [0.717, 1.165) is 17.0 Å². The Morgan fingerprint density at radius 1 is 1.20 bits per heavy atom. The van der Waals surface area contributed by atoms with Crippen LogP contribution in [0, 0.1) is 11.6 Å². The highest BCUT2D eigenvalue weighted by Gasteiger charge is 2.15. The van der Waals surface area contributed by atoms with E-state index in [1.165, 1.54) is 29.9 Å². The van der Waals surface area contributed by atoms with Gasteiger partial charge in [-0.15, -0.1) is 0 Å². The summed E-state index contributed by atoms with van der Waals surface area (Å²) >= 11 is 0. The van der Waals surface area contributed by atoms with Gasteiger partial charge in [-0.2, -0.15) is 0 Å². The van der Waals surface area contributed by atoms with Crippen LogP contribution in [0.25, 0.3) is 10.9 Å². The minimum absolute atomic E-state index is 0.000778. The Balaban J connectivity index is 1.88. The maximum Gasteiger partial charge on any atom is 0.293 e. The Labute approximate surface area is 171 Å². The Morgan fingerprint density at radius 3 is 2.77 bits per heavy atom. The molecule has 2 heterocycles. The first-order chi connectivity index (χ1) is 14.5. The number of ether oxygens (including phenoxy) is 1. The van der Waals surface area contributed by atoms with Crippen LogP contribution in [-0.4, -0.2) is 52.1 Å². The number of fused-ring (bicyclic) bond motifs is 1. The lowest BCUT2D eigenvalue weighted by molar-refractivity contribution is 0.0701. The summed E-state index contributed by atoms with van der Waals surface area (Å²) in [4.78, 5) is 15.8. The minimum Gasteiger partial charge on any atom is -0.394 e. The number of nitrogens with one attached hydrogen (secondary N) is 2. The number of aliphatic hydroxyl groups excluding tert-OH is 1. The van der Waals surface area contributed by atoms with Crippen LogP contribution in [0.2, 0.25) is 0 Å². The Kier molecular flexibility index (Phi) is 7.41. The quantitative estimate of drug-likeness (QED) is 0.225. The number of amides is 1. The van der Waals surface area contributed by atoms with Gasteiger partial charge >= 0.3 is 0 Å². The molecule has 0 unspecified atom stereocenters. The number of aliphatic hydroxyl groups is 1.